The number of rotatable bonds is 5. The van der Waals surface area contributed by atoms with Gasteiger partial charge >= 0.3 is 6.18 Å². The van der Waals surface area contributed by atoms with Gasteiger partial charge in [-0.1, -0.05) is 0 Å². The van der Waals surface area contributed by atoms with Crippen molar-refractivity contribution in [2.75, 3.05) is 24.3 Å². The molecule has 2 rings (SSSR count). The van der Waals surface area contributed by atoms with Gasteiger partial charge in [0.15, 0.2) is 5.78 Å². The highest BCUT2D eigenvalue weighted by molar-refractivity contribution is 6.04. The second kappa shape index (κ2) is 7.38. The molecule has 0 amide bonds. The van der Waals surface area contributed by atoms with Gasteiger partial charge in [-0.25, -0.2) is 4.39 Å². The first-order valence-electron chi connectivity index (χ1n) is 7.30. The lowest BCUT2D eigenvalue weighted by Gasteiger charge is -2.12. The number of alkyl halides is 3. The van der Waals surface area contributed by atoms with E-state index < -0.39 is 23.3 Å². The monoisotopic (exact) mass is 351 g/mol. The smallest absolute Gasteiger partial charge is 0.378 e. The van der Waals surface area contributed by atoms with E-state index in [1.807, 2.05) is 31.1 Å². The molecule has 0 unspecified atom stereocenters. The van der Waals surface area contributed by atoms with E-state index in [0.717, 1.165) is 17.8 Å². The van der Waals surface area contributed by atoms with E-state index in [2.05, 4.69) is 5.32 Å². The van der Waals surface area contributed by atoms with Crippen molar-refractivity contribution in [2.45, 2.75) is 6.18 Å². The molecule has 0 saturated carbocycles. The number of halogens is 4. The quantitative estimate of drug-likeness (QED) is 0.481. The molecule has 0 aromatic heterocycles. The predicted octanol–water partition coefficient (Wildman–Crippen LogP) is 4.72. The van der Waals surface area contributed by atoms with Crippen LogP contribution < -0.4 is 10.2 Å². The summed E-state index contributed by atoms with van der Waals surface area (Å²) in [7, 11) is 3.80. The number of anilines is 2. The van der Waals surface area contributed by atoms with Gasteiger partial charge in [-0.05, 0) is 42.5 Å². The molecule has 0 radical (unpaired) electrons. The Hall–Kier alpha value is -2.83. The molecule has 0 heterocycles. The van der Waals surface area contributed by atoms with Crippen molar-refractivity contribution in [1.29, 1.82) is 0 Å². The molecule has 0 fully saturated rings. The third kappa shape index (κ3) is 4.82. The van der Waals surface area contributed by atoms with Gasteiger partial charge in [-0.3, -0.25) is 4.79 Å². The Bertz CT molecular complexity index is 781. The molecule has 2 aromatic rings. The molecule has 0 atom stereocenters. The van der Waals surface area contributed by atoms with Crippen LogP contribution in [-0.4, -0.2) is 19.9 Å². The number of ketones is 1. The lowest BCUT2D eigenvalue weighted by Crippen LogP contribution is -2.10. The predicted molar refractivity (Wildman–Crippen MR) is 89.3 cm³/mol. The van der Waals surface area contributed by atoms with E-state index in [4.69, 9.17) is 0 Å². The summed E-state index contributed by atoms with van der Waals surface area (Å²) in [5, 5.41) is 2.85. The summed E-state index contributed by atoms with van der Waals surface area (Å²) in [6.07, 6.45) is -2.44. The highest BCUT2D eigenvalue weighted by Gasteiger charge is 2.34. The Kier molecular flexibility index (Phi) is 5.46. The molecule has 1 N–H and O–H groups in total. The van der Waals surface area contributed by atoms with Crippen molar-refractivity contribution in [3.63, 3.8) is 0 Å². The van der Waals surface area contributed by atoms with Crippen LogP contribution in [0.4, 0.5) is 28.9 Å². The average Bonchev–Trinajstić information content (AvgIpc) is 2.54. The van der Waals surface area contributed by atoms with Crippen LogP contribution in [0.15, 0.2) is 54.7 Å². The summed E-state index contributed by atoms with van der Waals surface area (Å²) in [5.74, 6) is -2.07. The van der Waals surface area contributed by atoms with Crippen LogP contribution in [-0.2, 0) is 6.18 Å². The minimum atomic E-state index is -4.85. The fourth-order valence-electron chi connectivity index (χ4n) is 2.06. The lowest BCUT2D eigenvalue weighted by atomic mass is 10.1. The lowest BCUT2D eigenvalue weighted by molar-refractivity contribution is -0.140. The van der Waals surface area contributed by atoms with Gasteiger partial charge in [0.1, 0.15) is 5.82 Å². The van der Waals surface area contributed by atoms with Gasteiger partial charge in [-0.15, -0.1) is 0 Å². The Morgan fingerprint density at radius 3 is 2.28 bits per heavy atom. The van der Waals surface area contributed by atoms with Gasteiger partial charge < -0.3 is 10.2 Å². The number of hydrogen-bond donors (Lipinski definition) is 1. The molecule has 25 heavy (non-hydrogen) atoms. The molecule has 0 bridgehead atoms. The maximum Gasteiger partial charge on any atom is 0.419 e. The summed E-state index contributed by atoms with van der Waals surface area (Å²) >= 11 is 0. The highest BCUT2D eigenvalue weighted by Crippen LogP contribution is 2.32. The van der Waals surface area contributed by atoms with Crippen LogP contribution in [0, 0.1) is 5.82 Å². The molecule has 3 nitrogen and oxygen atoms in total. The second-order valence-electron chi connectivity index (χ2n) is 5.48. The molecule has 0 aliphatic heterocycles. The summed E-state index contributed by atoms with van der Waals surface area (Å²) in [6, 6.07) is 9.49. The van der Waals surface area contributed by atoms with E-state index in [9.17, 15) is 22.4 Å². The van der Waals surface area contributed by atoms with Crippen LogP contribution in [0.5, 0.6) is 0 Å². The third-order valence-electron chi connectivity index (χ3n) is 3.42. The van der Waals surface area contributed by atoms with E-state index in [0.29, 0.717) is 17.8 Å². The first kappa shape index (κ1) is 18.5. The fourth-order valence-corrected chi connectivity index (χ4v) is 2.06. The number of hydrogen-bond acceptors (Lipinski definition) is 3. The molecule has 0 aliphatic rings. The first-order chi connectivity index (χ1) is 11.7. The maximum atomic E-state index is 13.2. The summed E-state index contributed by atoms with van der Waals surface area (Å²) in [6.45, 7) is 0. The van der Waals surface area contributed by atoms with Crippen LogP contribution in [0.1, 0.15) is 15.9 Å². The molecular formula is C18H16F4N2O. The van der Waals surface area contributed by atoms with Gasteiger partial charge in [-0.2, -0.15) is 13.2 Å². The van der Waals surface area contributed by atoms with Crippen LogP contribution in [0.2, 0.25) is 0 Å². The zero-order valence-electron chi connectivity index (χ0n) is 13.6. The van der Waals surface area contributed by atoms with Crippen molar-refractivity contribution >= 4 is 17.2 Å². The molecule has 0 saturated heterocycles. The Labute approximate surface area is 142 Å². The second-order valence-corrected chi connectivity index (χ2v) is 5.48. The van der Waals surface area contributed by atoms with Crippen LogP contribution in [0.25, 0.3) is 0 Å². The largest absolute Gasteiger partial charge is 0.419 e. The average molecular weight is 351 g/mol. The van der Waals surface area contributed by atoms with Gasteiger partial charge in [0, 0.05) is 43.3 Å². The maximum absolute atomic E-state index is 13.2. The zero-order valence-corrected chi connectivity index (χ0v) is 13.6. The van der Waals surface area contributed by atoms with Crippen molar-refractivity contribution in [3.8, 4) is 0 Å². The summed E-state index contributed by atoms with van der Waals surface area (Å²) in [5.41, 5.74) is 0.00930. The molecule has 0 aliphatic carbocycles. The standard InChI is InChI=1S/C18H16F4N2O/c1-24(2)14-6-4-13(5-7-14)23-10-9-17(25)12-3-8-16(19)15(11-12)18(20,21)22/h3-11,23H,1-2H3/b10-9-/i19-1. The number of allylic oxidation sites excluding steroid dienone is 1. The van der Waals surface area contributed by atoms with Crippen molar-refractivity contribution in [3.05, 3.63) is 71.7 Å². The Balaban J connectivity index is 2.08. The van der Waals surface area contributed by atoms with Gasteiger partial charge in [0.25, 0.3) is 0 Å². The molecule has 7 heteroatoms. The van der Waals surface area contributed by atoms with Crippen molar-refractivity contribution in [1.82, 2.24) is 0 Å². The Morgan fingerprint density at radius 1 is 1.08 bits per heavy atom. The Morgan fingerprint density at radius 2 is 1.72 bits per heavy atom. The molecule has 2 aromatic carbocycles. The van der Waals surface area contributed by atoms with Crippen molar-refractivity contribution < 1.29 is 22.4 Å². The normalized spacial score (nSPS) is 11.6. The number of carbonyl (C=O) groups is 1. The molecule has 132 valence electrons. The van der Waals surface area contributed by atoms with E-state index in [-0.39, 0.29) is 5.56 Å². The number of nitrogens with zero attached hydrogens (tertiary/aromatic N) is 1. The molecular weight excluding hydrogens is 335 g/mol. The SMILES string of the molecule is CN(C)c1ccc(N/C=C\C(=O)c2ccc([18F])c(C(F)(F)F)c2)cc1. The zero-order chi connectivity index (χ0) is 18.6. The van der Waals surface area contributed by atoms with Gasteiger partial charge in [0.05, 0.1) is 5.56 Å². The number of nitrogens with one attached hydrogen (secondary N) is 1. The van der Waals surface area contributed by atoms with Crippen LogP contribution in [0.3, 0.4) is 0 Å². The third-order valence-corrected chi connectivity index (χ3v) is 3.42. The number of benzene rings is 2. The van der Waals surface area contributed by atoms with E-state index in [1.54, 1.807) is 12.1 Å². The van der Waals surface area contributed by atoms with Crippen molar-refractivity contribution in [2.24, 2.45) is 0 Å². The molecule has 0 spiro atoms. The highest BCUT2D eigenvalue weighted by atomic mass is 19.4. The minimum absolute atomic E-state index is 0.241. The van der Waals surface area contributed by atoms with Crippen LogP contribution >= 0.6 is 0 Å². The summed E-state index contributed by atoms with van der Waals surface area (Å²) in [4.78, 5) is 13.9. The minimum Gasteiger partial charge on any atom is -0.378 e. The van der Waals surface area contributed by atoms with Gasteiger partial charge in [0.2, 0.25) is 0 Å². The summed E-state index contributed by atoms with van der Waals surface area (Å²) < 4.78 is 51.2. The number of carbonyl (C=O) groups excluding carboxylic acids is 1. The fraction of sp³-hybridized carbons (Fsp3) is 0.167. The topological polar surface area (TPSA) is 32.3 Å². The van der Waals surface area contributed by atoms with E-state index in [1.165, 1.54) is 6.20 Å². The first-order valence-corrected chi connectivity index (χ1v) is 7.30. The van der Waals surface area contributed by atoms with E-state index >= 15 is 0 Å².